The van der Waals surface area contributed by atoms with Crippen LogP contribution in [-0.2, 0) is 6.42 Å². The van der Waals surface area contributed by atoms with Crippen molar-refractivity contribution in [2.24, 2.45) is 4.99 Å². The topological polar surface area (TPSA) is 39.7 Å². The number of hydrogen-bond donors (Lipinski definition) is 2. The number of halogens is 1. The SMILES string of the molecule is CCCN1CCC(NC(=NC)NCCc2ccc(Br)s2)CC1. The second-order valence-electron chi connectivity index (χ2n) is 5.72. The molecule has 0 spiro atoms. The van der Waals surface area contributed by atoms with Crippen LogP contribution in [0.3, 0.4) is 0 Å². The van der Waals surface area contributed by atoms with Gasteiger partial charge in [0.1, 0.15) is 0 Å². The van der Waals surface area contributed by atoms with Crippen molar-refractivity contribution in [3.8, 4) is 0 Å². The molecular weight excluding hydrogens is 360 g/mol. The van der Waals surface area contributed by atoms with Crippen molar-refractivity contribution in [3.63, 3.8) is 0 Å². The van der Waals surface area contributed by atoms with E-state index in [1.807, 2.05) is 7.05 Å². The fourth-order valence-electron chi connectivity index (χ4n) is 2.80. The third kappa shape index (κ3) is 5.89. The van der Waals surface area contributed by atoms with Gasteiger partial charge >= 0.3 is 0 Å². The predicted molar refractivity (Wildman–Crippen MR) is 100.0 cm³/mol. The molecule has 22 heavy (non-hydrogen) atoms. The summed E-state index contributed by atoms with van der Waals surface area (Å²) < 4.78 is 1.20. The molecule has 1 aromatic heterocycles. The summed E-state index contributed by atoms with van der Waals surface area (Å²) in [5, 5.41) is 6.99. The number of piperidine rings is 1. The third-order valence-corrected chi connectivity index (χ3v) is 5.67. The van der Waals surface area contributed by atoms with Crippen molar-refractivity contribution in [2.75, 3.05) is 33.2 Å². The van der Waals surface area contributed by atoms with E-state index in [2.05, 4.69) is 55.5 Å². The first-order valence-electron chi connectivity index (χ1n) is 8.15. The molecule has 1 saturated heterocycles. The number of hydrogen-bond acceptors (Lipinski definition) is 3. The van der Waals surface area contributed by atoms with E-state index in [-0.39, 0.29) is 0 Å². The summed E-state index contributed by atoms with van der Waals surface area (Å²) in [7, 11) is 1.85. The van der Waals surface area contributed by atoms with Crippen molar-refractivity contribution in [1.29, 1.82) is 0 Å². The van der Waals surface area contributed by atoms with Crippen LogP contribution < -0.4 is 10.6 Å². The van der Waals surface area contributed by atoms with E-state index in [1.54, 1.807) is 11.3 Å². The molecule has 0 atom stereocenters. The molecular formula is C16H27BrN4S. The van der Waals surface area contributed by atoms with Gasteiger partial charge in [-0.2, -0.15) is 0 Å². The van der Waals surface area contributed by atoms with Crippen LogP contribution in [0.4, 0.5) is 0 Å². The van der Waals surface area contributed by atoms with Gasteiger partial charge in [-0.1, -0.05) is 6.92 Å². The van der Waals surface area contributed by atoms with Crippen molar-refractivity contribution in [1.82, 2.24) is 15.5 Å². The first-order valence-corrected chi connectivity index (χ1v) is 9.76. The zero-order valence-electron chi connectivity index (χ0n) is 13.6. The standard InChI is InChI=1S/C16H27BrN4S/c1-3-10-21-11-7-13(8-12-21)20-16(18-2)19-9-6-14-4-5-15(17)22-14/h4-5,13H,3,6-12H2,1-2H3,(H2,18,19,20). The maximum absolute atomic E-state index is 4.35. The minimum Gasteiger partial charge on any atom is -0.356 e. The van der Waals surface area contributed by atoms with Crippen LogP contribution in [0.15, 0.2) is 20.9 Å². The Labute approximate surface area is 146 Å². The highest BCUT2D eigenvalue weighted by Gasteiger charge is 2.19. The summed E-state index contributed by atoms with van der Waals surface area (Å²) in [6.45, 7) is 6.80. The summed E-state index contributed by atoms with van der Waals surface area (Å²) in [4.78, 5) is 8.30. The quantitative estimate of drug-likeness (QED) is 0.582. The minimum atomic E-state index is 0.551. The Hall–Kier alpha value is -0.590. The number of nitrogens with zero attached hydrogens (tertiary/aromatic N) is 2. The zero-order chi connectivity index (χ0) is 15.8. The van der Waals surface area contributed by atoms with Crippen LogP contribution in [0.25, 0.3) is 0 Å². The lowest BCUT2D eigenvalue weighted by Crippen LogP contribution is -2.49. The Balaban J connectivity index is 1.67. The average molecular weight is 387 g/mol. The van der Waals surface area contributed by atoms with Gasteiger partial charge in [-0.25, -0.2) is 0 Å². The second kappa shape index (κ2) is 9.53. The van der Waals surface area contributed by atoms with E-state index < -0.39 is 0 Å². The lowest BCUT2D eigenvalue weighted by Gasteiger charge is -2.32. The first-order chi connectivity index (χ1) is 10.7. The molecule has 0 amide bonds. The van der Waals surface area contributed by atoms with Crippen LogP contribution in [0.1, 0.15) is 31.1 Å². The number of guanidine groups is 1. The van der Waals surface area contributed by atoms with Gasteiger partial charge in [0.15, 0.2) is 5.96 Å². The van der Waals surface area contributed by atoms with Crippen LogP contribution in [-0.4, -0.2) is 50.1 Å². The molecule has 2 heterocycles. The highest BCUT2D eigenvalue weighted by atomic mass is 79.9. The van der Waals surface area contributed by atoms with Gasteiger partial charge in [-0.3, -0.25) is 4.99 Å². The lowest BCUT2D eigenvalue weighted by molar-refractivity contribution is 0.206. The summed E-state index contributed by atoms with van der Waals surface area (Å²) in [5.41, 5.74) is 0. The largest absolute Gasteiger partial charge is 0.356 e. The summed E-state index contributed by atoms with van der Waals surface area (Å²) in [6.07, 6.45) is 4.70. The highest BCUT2D eigenvalue weighted by molar-refractivity contribution is 9.11. The van der Waals surface area contributed by atoms with E-state index in [1.165, 1.54) is 47.6 Å². The monoisotopic (exact) mass is 386 g/mol. The maximum Gasteiger partial charge on any atom is 0.191 e. The molecule has 0 unspecified atom stereocenters. The molecule has 1 aliphatic rings. The van der Waals surface area contributed by atoms with E-state index in [4.69, 9.17) is 0 Å². The number of thiophene rings is 1. The van der Waals surface area contributed by atoms with Crippen molar-refractivity contribution in [3.05, 3.63) is 20.8 Å². The molecule has 0 aliphatic carbocycles. The van der Waals surface area contributed by atoms with Gasteiger partial charge in [-0.15, -0.1) is 11.3 Å². The number of rotatable bonds is 6. The molecule has 1 fully saturated rings. The summed E-state index contributed by atoms with van der Waals surface area (Å²) in [6, 6.07) is 4.84. The Morgan fingerprint density at radius 2 is 2.18 bits per heavy atom. The lowest BCUT2D eigenvalue weighted by atomic mass is 10.1. The maximum atomic E-state index is 4.35. The fraction of sp³-hybridized carbons (Fsp3) is 0.688. The molecule has 1 aromatic rings. The van der Waals surface area contributed by atoms with Crippen LogP contribution in [0.2, 0.25) is 0 Å². The van der Waals surface area contributed by atoms with Crippen molar-refractivity contribution >= 4 is 33.2 Å². The van der Waals surface area contributed by atoms with Crippen LogP contribution in [0, 0.1) is 0 Å². The van der Waals surface area contributed by atoms with Crippen molar-refractivity contribution in [2.45, 2.75) is 38.6 Å². The van der Waals surface area contributed by atoms with Gasteiger partial charge < -0.3 is 15.5 Å². The average Bonchev–Trinajstić information content (AvgIpc) is 2.94. The summed E-state index contributed by atoms with van der Waals surface area (Å²) in [5.74, 6) is 0.935. The Morgan fingerprint density at radius 1 is 1.41 bits per heavy atom. The summed E-state index contributed by atoms with van der Waals surface area (Å²) >= 11 is 5.30. The fourth-order valence-corrected chi connectivity index (χ4v) is 4.28. The molecule has 2 N–H and O–H groups in total. The molecule has 1 aliphatic heterocycles. The van der Waals surface area contributed by atoms with Gasteiger partial charge in [0.05, 0.1) is 3.79 Å². The number of aliphatic imine (C=N–C) groups is 1. The van der Waals surface area contributed by atoms with Gasteiger partial charge in [-0.05, 0) is 60.3 Å². The minimum absolute atomic E-state index is 0.551. The molecule has 124 valence electrons. The van der Waals surface area contributed by atoms with Gasteiger partial charge in [0.2, 0.25) is 0 Å². The molecule has 0 saturated carbocycles. The number of nitrogens with one attached hydrogen (secondary N) is 2. The normalized spacial score (nSPS) is 17.7. The smallest absolute Gasteiger partial charge is 0.191 e. The molecule has 0 aromatic carbocycles. The Bertz CT molecular complexity index is 466. The molecule has 6 heteroatoms. The molecule has 0 radical (unpaired) electrons. The Kier molecular flexibility index (Phi) is 7.69. The highest BCUT2D eigenvalue weighted by Crippen LogP contribution is 2.22. The third-order valence-electron chi connectivity index (χ3n) is 3.98. The van der Waals surface area contributed by atoms with Crippen LogP contribution >= 0.6 is 27.3 Å². The molecule has 2 rings (SSSR count). The Morgan fingerprint density at radius 3 is 2.77 bits per heavy atom. The second-order valence-corrected chi connectivity index (χ2v) is 8.26. The van der Waals surface area contributed by atoms with E-state index in [0.29, 0.717) is 6.04 Å². The molecule has 4 nitrogen and oxygen atoms in total. The van der Waals surface area contributed by atoms with Crippen molar-refractivity contribution < 1.29 is 0 Å². The zero-order valence-corrected chi connectivity index (χ0v) is 16.0. The van der Waals surface area contributed by atoms with E-state index in [9.17, 15) is 0 Å². The molecule has 0 bridgehead atoms. The van der Waals surface area contributed by atoms with Crippen LogP contribution in [0.5, 0.6) is 0 Å². The predicted octanol–water partition coefficient (Wildman–Crippen LogP) is 3.09. The van der Waals surface area contributed by atoms with Gasteiger partial charge in [0.25, 0.3) is 0 Å². The van der Waals surface area contributed by atoms with E-state index >= 15 is 0 Å². The van der Waals surface area contributed by atoms with E-state index in [0.717, 1.165) is 18.9 Å². The van der Waals surface area contributed by atoms with Gasteiger partial charge in [0, 0.05) is 37.6 Å². The first kappa shape index (κ1) is 17.8. The number of likely N-dealkylation sites (tertiary alicyclic amines) is 1.